The van der Waals surface area contributed by atoms with E-state index in [1.54, 1.807) is 0 Å². The van der Waals surface area contributed by atoms with E-state index in [0.717, 1.165) is 25.7 Å². The molecule has 0 bridgehead atoms. The maximum absolute atomic E-state index is 5.64. The summed E-state index contributed by atoms with van der Waals surface area (Å²) in [4.78, 5) is 0. The van der Waals surface area contributed by atoms with E-state index >= 15 is 0 Å². The predicted octanol–water partition coefficient (Wildman–Crippen LogP) is 1.31. The summed E-state index contributed by atoms with van der Waals surface area (Å²) in [6.45, 7) is 2.77. The van der Waals surface area contributed by atoms with Crippen LogP contribution in [0.3, 0.4) is 0 Å². The van der Waals surface area contributed by atoms with Crippen LogP contribution in [0.15, 0.2) is 12.3 Å². The zero-order valence-electron chi connectivity index (χ0n) is 9.56. The highest BCUT2D eigenvalue weighted by Gasteiger charge is 2.21. The lowest BCUT2D eigenvalue weighted by atomic mass is 10.2. The van der Waals surface area contributed by atoms with Crippen LogP contribution >= 0.6 is 0 Å². The van der Waals surface area contributed by atoms with Crippen LogP contribution in [0.4, 0.5) is 0 Å². The molecule has 0 spiro atoms. The minimum absolute atomic E-state index is 0.375. The first kappa shape index (κ1) is 10.3. The maximum atomic E-state index is 5.64. The van der Waals surface area contributed by atoms with Crippen molar-refractivity contribution in [1.82, 2.24) is 15.1 Å². The van der Waals surface area contributed by atoms with Gasteiger partial charge in [-0.3, -0.25) is 4.68 Å². The van der Waals surface area contributed by atoms with E-state index < -0.39 is 0 Å². The Morgan fingerprint density at radius 3 is 3.12 bits per heavy atom. The smallest absolute Gasteiger partial charge is 0.0771 e. The summed E-state index contributed by atoms with van der Waals surface area (Å²) in [5.41, 5.74) is 1.28. The van der Waals surface area contributed by atoms with Gasteiger partial charge in [-0.1, -0.05) is 0 Å². The fourth-order valence-corrected chi connectivity index (χ4v) is 2.19. The maximum Gasteiger partial charge on any atom is 0.0771 e. The van der Waals surface area contributed by atoms with Crippen LogP contribution in [0, 0.1) is 0 Å². The minimum atomic E-state index is 0.375. The number of rotatable bonds is 5. The molecule has 1 aromatic rings. The molecule has 0 aromatic carbocycles. The summed E-state index contributed by atoms with van der Waals surface area (Å²) in [6, 6.07) is 2.86. The Balaban J connectivity index is 1.57. The summed E-state index contributed by atoms with van der Waals surface area (Å²) >= 11 is 0. The second-order valence-electron chi connectivity index (χ2n) is 4.79. The van der Waals surface area contributed by atoms with Crippen molar-refractivity contribution in [2.45, 2.75) is 50.9 Å². The zero-order chi connectivity index (χ0) is 10.8. The number of aromatic nitrogens is 2. The first-order valence-electron chi connectivity index (χ1n) is 6.27. The van der Waals surface area contributed by atoms with Crippen molar-refractivity contribution in [3.05, 3.63) is 18.0 Å². The molecule has 1 aliphatic heterocycles. The Bertz CT molecular complexity index is 340. The van der Waals surface area contributed by atoms with Gasteiger partial charge in [-0.15, -0.1) is 0 Å². The van der Waals surface area contributed by atoms with E-state index in [1.807, 2.05) is 6.20 Å². The summed E-state index contributed by atoms with van der Waals surface area (Å²) in [5.74, 6) is 0. The molecule has 4 nitrogen and oxygen atoms in total. The van der Waals surface area contributed by atoms with Gasteiger partial charge >= 0.3 is 0 Å². The molecule has 4 heteroatoms. The fourth-order valence-electron chi connectivity index (χ4n) is 2.19. The molecule has 2 aliphatic rings. The average Bonchev–Trinajstić information content (AvgIpc) is 2.79. The lowest BCUT2D eigenvalue weighted by Gasteiger charge is -2.12. The molecule has 1 aliphatic carbocycles. The molecule has 0 amide bonds. The van der Waals surface area contributed by atoms with Crippen LogP contribution in [0.2, 0.25) is 0 Å². The quantitative estimate of drug-likeness (QED) is 0.815. The summed E-state index contributed by atoms with van der Waals surface area (Å²) in [7, 11) is 0. The Kier molecular flexibility index (Phi) is 2.93. The number of hydrogen-bond donors (Lipinski definition) is 1. The van der Waals surface area contributed by atoms with E-state index in [2.05, 4.69) is 21.2 Å². The van der Waals surface area contributed by atoms with Gasteiger partial charge in [0.15, 0.2) is 0 Å². The summed E-state index contributed by atoms with van der Waals surface area (Å²) in [6.07, 6.45) is 7.30. The van der Waals surface area contributed by atoms with Crippen molar-refractivity contribution in [3.63, 3.8) is 0 Å². The van der Waals surface area contributed by atoms with E-state index in [-0.39, 0.29) is 0 Å². The lowest BCUT2D eigenvalue weighted by molar-refractivity contribution is 0.0931. The average molecular weight is 221 g/mol. The monoisotopic (exact) mass is 221 g/mol. The van der Waals surface area contributed by atoms with Crippen molar-refractivity contribution < 1.29 is 4.74 Å². The first-order chi connectivity index (χ1) is 7.92. The highest BCUT2D eigenvalue weighted by Crippen LogP contribution is 2.19. The molecule has 1 N–H and O–H groups in total. The molecule has 88 valence electrons. The zero-order valence-corrected chi connectivity index (χ0v) is 9.56. The summed E-state index contributed by atoms with van der Waals surface area (Å²) in [5, 5.41) is 7.90. The van der Waals surface area contributed by atoms with Crippen LogP contribution in [-0.4, -0.2) is 28.5 Å². The predicted molar refractivity (Wildman–Crippen MR) is 61.1 cm³/mol. The Morgan fingerprint density at radius 2 is 2.38 bits per heavy atom. The van der Waals surface area contributed by atoms with E-state index in [1.165, 1.54) is 31.4 Å². The molecule has 16 heavy (non-hydrogen) atoms. The van der Waals surface area contributed by atoms with Gasteiger partial charge in [0, 0.05) is 25.4 Å². The fraction of sp³-hybridized carbons (Fsp3) is 0.750. The highest BCUT2D eigenvalue weighted by atomic mass is 16.5. The standard InChI is InChI=1S/C12H19N3O/c1-2-12(16-7-1)9-15-11(5-6-14-15)8-13-10-3-4-10/h5-6,10,12-13H,1-4,7-9H2. The normalized spacial score (nSPS) is 25.1. The molecule has 1 saturated heterocycles. The molecule has 0 radical (unpaired) electrons. The Labute approximate surface area is 96.0 Å². The second kappa shape index (κ2) is 4.55. The van der Waals surface area contributed by atoms with Crippen LogP contribution in [0.5, 0.6) is 0 Å². The van der Waals surface area contributed by atoms with Crippen molar-refractivity contribution in [2.24, 2.45) is 0 Å². The molecule has 1 saturated carbocycles. The van der Waals surface area contributed by atoms with Crippen LogP contribution < -0.4 is 5.32 Å². The minimum Gasteiger partial charge on any atom is -0.376 e. The van der Waals surface area contributed by atoms with Crippen LogP contribution in [-0.2, 0) is 17.8 Å². The van der Waals surface area contributed by atoms with Crippen molar-refractivity contribution >= 4 is 0 Å². The molecular formula is C12H19N3O. The van der Waals surface area contributed by atoms with Gasteiger partial charge in [0.05, 0.1) is 18.3 Å². The van der Waals surface area contributed by atoms with Gasteiger partial charge < -0.3 is 10.1 Å². The van der Waals surface area contributed by atoms with E-state index in [0.29, 0.717) is 6.10 Å². The van der Waals surface area contributed by atoms with E-state index in [4.69, 9.17) is 4.74 Å². The molecule has 1 aromatic heterocycles. The SMILES string of the molecule is c1cc(CNC2CC2)n(CC2CCCO2)n1. The molecular weight excluding hydrogens is 202 g/mol. The number of nitrogens with zero attached hydrogens (tertiary/aromatic N) is 2. The highest BCUT2D eigenvalue weighted by molar-refractivity contribution is 5.01. The molecule has 2 fully saturated rings. The molecule has 1 atom stereocenters. The lowest BCUT2D eigenvalue weighted by Crippen LogP contribution is -2.22. The third kappa shape index (κ3) is 2.44. The van der Waals surface area contributed by atoms with Crippen LogP contribution in [0.1, 0.15) is 31.4 Å². The van der Waals surface area contributed by atoms with Crippen molar-refractivity contribution in [3.8, 4) is 0 Å². The van der Waals surface area contributed by atoms with Gasteiger partial charge in [0.2, 0.25) is 0 Å². The van der Waals surface area contributed by atoms with E-state index in [9.17, 15) is 0 Å². The molecule has 2 heterocycles. The number of ether oxygens (including phenoxy) is 1. The number of hydrogen-bond acceptors (Lipinski definition) is 3. The third-order valence-electron chi connectivity index (χ3n) is 3.35. The summed E-state index contributed by atoms with van der Waals surface area (Å²) < 4.78 is 7.73. The van der Waals surface area contributed by atoms with Gasteiger partial charge in [0.1, 0.15) is 0 Å². The number of nitrogens with one attached hydrogen (secondary N) is 1. The molecule has 1 unspecified atom stereocenters. The third-order valence-corrected chi connectivity index (χ3v) is 3.35. The Morgan fingerprint density at radius 1 is 1.44 bits per heavy atom. The Hall–Kier alpha value is -0.870. The van der Waals surface area contributed by atoms with Gasteiger partial charge in [-0.25, -0.2) is 0 Å². The van der Waals surface area contributed by atoms with Gasteiger partial charge in [-0.2, -0.15) is 5.10 Å². The molecule has 3 rings (SSSR count). The second-order valence-corrected chi connectivity index (χ2v) is 4.79. The largest absolute Gasteiger partial charge is 0.376 e. The van der Waals surface area contributed by atoms with Gasteiger partial charge in [-0.05, 0) is 31.7 Å². The van der Waals surface area contributed by atoms with Gasteiger partial charge in [0.25, 0.3) is 0 Å². The van der Waals surface area contributed by atoms with Crippen molar-refractivity contribution in [1.29, 1.82) is 0 Å². The van der Waals surface area contributed by atoms with Crippen molar-refractivity contribution in [2.75, 3.05) is 6.61 Å². The van der Waals surface area contributed by atoms with Crippen LogP contribution in [0.25, 0.3) is 0 Å². The first-order valence-corrected chi connectivity index (χ1v) is 6.27. The topological polar surface area (TPSA) is 39.1 Å².